The fourth-order valence-electron chi connectivity index (χ4n) is 4.23. The first-order valence-electron chi connectivity index (χ1n) is 11.9. The van der Waals surface area contributed by atoms with Crippen molar-refractivity contribution in [1.82, 2.24) is 9.88 Å². The monoisotopic (exact) mass is 493 g/mol. The molecule has 0 bridgehead atoms. The molecule has 0 aliphatic carbocycles. The smallest absolute Gasteiger partial charge is 0.306 e. The number of nitrogens with one attached hydrogen (secondary N) is 1. The number of rotatable bonds is 10. The Kier molecular flexibility index (Phi) is 8.14. The Bertz CT molecular complexity index is 1390. The molecule has 4 aromatic rings. The quantitative estimate of drug-likeness (QED) is 0.302. The summed E-state index contributed by atoms with van der Waals surface area (Å²) >= 11 is 0. The summed E-state index contributed by atoms with van der Waals surface area (Å²) in [4.78, 5) is 24.7. The van der Waals surface area contributed by atoms with Crippen molar-refractivity contribution in [2.24, 2.45) is 0 Å². The van der Waals surface area contributed by atoms with Crippen LogP contribution in [0.2, 0.25) is 0 Å². The highest BCUT2D eigenvalue weighted by Crippen LogP contribution is 2.27. The van der Waals surface area contributed by atoms with Gasteiger partial charge in [0.15, 0.2) is 0 Å². The first kappa shape index (κ1) is 25.4. The van der Waals surface area contributed by atoms with Crippen molar-refractivity contribution in [3.8, 4) is 28.3 Å². The van der Waals surface area contributed by atoms with Crippen LogP contribution in [0.3, 0.4) is 0 Å². The van der Waals surface area contributed by atoms with Crippen LogP contribution in [-0.2, 0) is 16.0 Å². The van der Waals surface area contributed by atoms with Gasteiger partial charge in [-0.15, -0.1) is 0 Å². The number of nitriles is 1. The van der Waals surface area contributed by atoms with Crippen LogP contribution in [0.15, 0.2) is 97.3 Å². The fourth-order valence-corrected chi connectivity index (χ4v) is 4.23. The van der Waals surface area contributed by atoms with Gasteiger partial charge in [0.2, 0.25) is 5.91 Å². The van der Waals surface area contributed by atoms with E-state index in [1.807, 2.05) is 72.8 Å². The molecule has 1 heterocycles. The summed E-state index contributed by atoms with van der Waals surface area (Å²) in [5, 5.41) is 31.0. The number of amides is 1. The number of carbonyl (C=O) groups excluding carboxylic acids is 1. The van der Waals surface area contributed by atoms with Crippen molar-refractivity contribution in [2.45, 2.75) is 24.9 Å². The first-order chi connectivity index (χ1) is 18.0. The fraction of sp³-hybridized carbons (Fsp3) is 0.167. The topological polar surface area (TPSA) is 115 Å². The maximum atomic E-state index is 13.1. The second-order valence-corrected chi connectivity index (χ2v) is 8.81. The largest absolute Gasteiger partial charge is 0.481 e. The lowest BCUT2D eigenvalue weighted by molar-refractivity contribution is -0.140. The molecule has 186 valence electrons. The molecule has 7 nitrogen and oxygen atoms in total. The van der Waals surface area contributed by atoms with E-state index in [4.69, 9.17) is 5.26 Å². The highest BCUT2D eigenvalue weighted by Gasteiger charge is 2.25. The molecule has 1 unspecified atom stereocenters. The van der Waals surface area contributed by atoms with E-state index in [9.17, 15) is 19.8 Å². The molecule has 0 fully saturated rings. The molecule has 1 amide bonds. The number of hydrogen-bond donors (Lipinski definition) is 3. The van der Waals surface area contributed by atoms with Crippen LogP contribution in [0.25, 0.3) is 22.3 Å². The van der Waals surface area contributed by atoms with Gasteiger partial charge in [-0.05, 0) is 52.4 Å². The van der Waals surface area contributed by atoms with Gasteiger partial charge in [0.05, 0.1) is 30.7 Å². The number of aliphatic carboxylic acids is 1. The minimum Gasteiger partial charge on any atom is -0.481 e. The predicted octanol–water partition coefficient (Wildman–Crippen LogP) is 4.43. The van der Waals surface area contributed by atoms with Crippen LogP contribution in [0.5, 0.6) is 0 Å². The lowest BCUT2D eigenvalue weighted by atomic mass is 10.0. The zero-order chi connectivity index (χ0) is 26.2. The molecule has 3 aromatic carbocycles. The first-order valence-corrected chi connectivity index (χ1v) is 11.9. The van der Waals surface area contributed by atoms with Crippen LogP contribution in [0.1, 0.15) is 23.6 Å². The van der Waals surface area contributed by atoms with Crippen LogP contribution >= 0.6 is 0 Å². The summed E-state index contributed by atoms with van der Waals surface area (Å²) in [5.74, 6) is -1.55. The van der Waals surface area contributed by atoms with Crippen molar-refractivity contribution < 1.29 is 19.8 Å². The lowest BCUT2D eigenvalue weighted by Crippen LogP contribution is -2.43. The van der Waals surface area contributed by atoms with E-state index in [1.54, 1.807) is 29.1 Å². The Hall–Kier alpha value is -4.67. The predicted molar refractivity (Wildman–Crippen MR) is 140 cm³/mol. The molecule has 0 aliphatic rings. The lowest BCUT2D eigenvalue weighted by Gasteiger charge is -2.22. The van der Waals surface area contributed by atoms with E-state index >= 15 is 0 Å². The second-order valence-electron chi connectivity index (χ2n) is 8.81. The van der Waals surface area contributed by atoms with E-state index in [0.717, 1.165) is 27.8 Å². The van der Waals surface area contributed by atoms with Gasteiger partial charge in [-0.2, -0.15) is 5.26 Å². The molecule has 3 N–H and O–H groups in total. The number of benzene rings is 3. The zero-order valence-electron chi connectivity index (χ0n) is 20.1. The molecule has 7 heteroatoms. The Labute approximate surface area is 215 Å². The van der Waals surface area contributed by atoms with Crippen LogP contribution in [0, 0.1) is 11.3 Å². The van der Waals surface area contributed by atoms with Crippen molar-refractivity contribution in [1.29, 1.82) is 5.26 Å². The Morgan fingerprint density at radius 1 is 0.865 bits per heavy atom. The number of aromatic nitrogens is 1. The average Bonchev–Trinajstić information content (AvgIpc) is 3.42. The normalized spacial score (nSPS) is 12.3. The van der Waals surface area contributed by atoms with E-state index < -0.39 is 24.0 Å². The molecule has 2 atom stereocenters. The van der Waals surface area contributed by atoms with Crippen molar-refractivity contribution in [3.63, 3.8) is 0 Å². The van der Waals surface area contributed by atoms with Crippen LogP contribution in [-0.4, -0.2) is 39.3 Å². The van der Waals surface area contributed by atoms with Crippen LogP contribution in [0.4, 0.5) is 0 Å². The number of aliphatic hydroxyl groups is 1. The minimum absolute atomic E-state index is 0.261. The summed E-state index contributed by atoms with van der Waals surface area (Å²) in [6.07, 6.45) is 3.50. The maximum absolute atomic E-state index is 13.1. The summed E-state index contributed by atoms with van der Waals surface area (Å²) in [6, 6.07) is 27.2. The third kappa shape index (κ3) is 6.51. The molecule has 0 aliphatic heterocycles. The summed E-state index contributed by atoms with van der Waals surface area (Å²) in [5.41, 5.74) is 5.33. The second kappa shape index (κ2) is 11.8. The number of carbonyl (C=O) groups is 2. The van der Waals surface area contributed by atoms with Gasteiger partial charge < -0.3 is 20.1 Å². The highest BCUT2D eigenvalue weighted by molar-refractivity contribution is 5.85. The molecule has 0 saturated carbocycles. The third-order valence-corrected chi connectivity index (χ3v) is 6.20. The number of aliphatic hydroxyl groups excluding tert-OH is 1. The van der Waals surface area contributed by atoms with E-state index in [-0.39, 0.29) is 13.0 Å². The van der Waals surface area contributed by atoms with Crippen molar-refractivity contribution in [2.75, 3.05) is 6.61 Å². The Balaban J connectivity index is 1.50. The van der Waals surface area contributed by atoms with Crippen LogP contribution < -0.4 is 5.32 Å². The van der Waals surface area contributed by atoms with Gasteiger partial charge in [-0.3, -0.25) is 9.59 Å². The number of carboxylic acids is 1. The molecule has 0 saturated heterocycles. The van der Waals surface area contributed by atoms with Gasteiger partial charge in [0, 0.05) is 12.4 Å². The highest BCUT2D eigenvalue weighted by atomic mass is 16.4. The molecular formula is C30H27N3O4. The van der Waals surface area contributed by atoms with Gasteiger partial charge in [-0.25, -0.2) is 0 Å². The summed E-state index contributed by atoms with van der Waals surface area (Å²) in [7, 11) is 0. The van der Waals surface area contributed by atoms with Gasteiger partial charge in [0.1, 0.15) is 6.04 Å². The average molecular weight is 494 g/mol. The zero-order valence-corrected chi connectivity index (χ0v) is 20.1. The maximum Gasteiger partial charge on any atom is 0.306 e. The minimum atomic E-state index is -1.09. The molecule has 1 aromatic heterocycles. The van der Waals surface area contributed by atoms with E-state index in [0.29, 0.717) is 12.0 Å². The Morgan fingerprint density at radius 2 is 1.46 bits per heavy atom. The molecule has 0 radical (unpaired) electrons. The molecule has 37 heavy (non-hydrogen) atoms. The number of hydrogen-bond acceptors (Lipinski definition) is 4. The van der Waals surface area contributed by atoms with Gasteiger partial charge in [0.25, 0.3) is 0 Å². The molecule has 4 rings (SSSR count). The van der Waals surface area contributed by atoms with Gasteiger partial charge in [-0.1, -0.05) is 66.7 Å². The summed E-state index contributed by atoms with van der Waals surface area (Å²) < 4.78 is 1.60. The van der Waals surface area contributed by atoms with Crippen molar-refractivity contribution >= 4 is 11.9 Å². The number of nitrogens with zero attached hydrogens (tertiary/aromatic N) is 2. The molecular weight excluding hydrogens is 466 g/mol. The standard InChI is InChI=1S/C30H27N3O4/c31-18-22-6-8-23(9-7-22)24-10-12-25(13-11-24)26-14-15-33(19-26)28(17-29(35)36)30(37)32-27(20-34)16-21-4-2-1-3-5-21/h1-15,19,27-28,34H,16-17,20H2,(H,32,37)(H,35,36)/t27-,28?/m0/s1. The molecule has 0 spiro atoms. The summed E-state index contributed by atoms with van der Waals surface area (Å²) in [6.45, 7) is -0.261. The number of carboxylic acid groups (broad SMARTS) is 1. The van der Waals surface area contributed by atoms with Gasteiger partial charge >= 0.3 is 5.97 Å². The van der Waals surface area contributed by atoms with Crippen molar-refractivity contribution in [3.05, 3.63) is 108 Å². The Morgan fingerprint density at radius 3 is 2.03 bits per heavy atom. The SMILES string of the molecule is N#Cc1ccc(-c2ccc(-c3ccn(C(CC(=O)O)C(=O)N[C@H](CO)Cc4ccccc4)c3)cc2)cc1. The third-order valence-electron chi connectivity index (χ3n) is 6.20. The van der Waals surface area contributed by atoms with E-state index in [2.05, 4.69) is 11.4 Å². The van der Waals surface area contributed by atoms with E-state index in [1.165, 1.54) is 0 Å².